The van der Waals surface area contributed by atoms with Crippen molar-refractivity contribution in [2.45, 2.75) is 52.2 Å². The lowest BCUT2D eigenvalue weighted by Gasteiger charge is -2.19. The van der Waals surface area contributed by atoms with E-state index in [2.05, 4.69) is 15.5 Å². The third-order valence-corrected chi connectivity index (χ3v) is 6.46. The van der Waals surface area contributed by atoms with E-state index in [-0.39, 0.29) is 30.8 Å². The summed E-state index contributed by atoms with van der Waals surface area (Å²) < 4.78 is 11.5. The largest absolute Gasteiger partial charge is 0.465 e. The number of anilines is 2. The van der Waals surface area contributed by atoms with Crippen LogP contribution in [0.15, 0.2) is 5.16 Å². The number of nitrogens with zero attached hydrogens (tertiary/aromatic N) is 3. The molecule has 170 valence electrons. The second-order valence-electron chi connectivity index (χ2n) is 6.43. The summed E-state index contributed by atoms with van der Waals surface area (Å²) in [6.45, 7) is 9.46. The van der Waals surface area contributed by atoms with Crippen molar-refractivity contribution in [3.8, 4) is 0 Å². The number of esters is 2. The van der Waals surface area contributed by atoms with Crippen molar-refractivity contribution in [2.24, 2.45) is 0 Å². The van der Waals surface area contributed by atoms with Crippen molar-refractivity contribution < 1.29 is 23.9 Å². The molecule has 0 saturated heterocycles. The maximum Gasteiger partial charge on any atom is 0.341 e. The van der Waals surface area contributed by atoms with Gasteiger partial charge in [-0.05, 0) is 39.7 Å². The number of carbonyl (C=O) groups excluding carboxylic acids is 3. The van der Waals surface area contributed by atoms with Crippen LogP contribution in [-0.2, 0) is 19.1 Å². The summed E-state index contributed by atoms with van der Waals surface area (Å²) in [5, 5.41) is 11.4. The number of aromatic nitrogens is 3. The Morgan fingerprint density at radius 2 is 1.84 bits per heavy atom. The zero-order valence-corrected chi connectivity index (χ0v) is 19.8. The minimum absolute atomic E-state index is 0.0142. The van der Waals surface area contributed by atoms with E-state index in [1.54, 1.807) is 13.8 Å². The molecule has 3 N–H and O–H groups in total. The minimum atomic E-state index is -0.738. The van der Waals surface area contributed by atoms with E-state index in [1.807, 2.05) is 20.8 Å². The lowest BCUT2D eigenvalue weighted by molar-refractivity contribution is -0.139. The van der Waals surface area contributed by atoms with Crippen molar-refractivity contribution in [3.05, 3.63) is 16.0 Å². The molecule has 2 aromatic heterocycles. The van der Waals surface area contributed by atoms with Gasteiger partial charge < -0.3 is 20.5 Å². The van der Waals surface area contributed by atoms with E-state index in [1.165, 1.54) is 15.9 Å². The molecule has 2 aromatic rings. The van der Waals surface area contributed by atoms with Gasteiger partial charge in [0.05, 0.1) is 24.5 Å². The molecule has 0 saturated carbocycles. The number of hydrogen-bond acceptors (Lipinski definition) is 10. The number of thioether (sulfide) groups is 1. The molecule has 0 aliphatic carbocycles. The number of aryl methyl sites for hydroxylation is 1. The Kier molecular flexibility index (Phi) is 8.87. The third-order valence-electron chi connectivity index (χ3n) is 4.42. The van der Waals surface area contributed by atoms with Gasteiger partial charge in [-0.15, -0.1) is 21.5 Å². The number of amides is 1. The van der Waals surface area contributed by atoms with Crippen LogP contribution in [0.2, 0.25) is 0 Å². The number of nitrogen functional groups attached to an aromatic ring is 1. The Morgan fingerprint density at radius 1 is 1.16 bits per heavy atom. The number of nitrogens with one attached hydrogen (secondary N) is 1. The quantitative estimate of drug-likeness (QED) is 0.397. The number of nitrogens with two attached hydrogens (primary N) is 1. The number of hydrogen-bond donors (Lipinski definition) is 2. The molecule has 31 heavy (non-hydrogen) atoms. The highest BCUT2D eigenvalue weighted by Crippen LogP contribution is 2.34. The van der Waals surface area contributed by atoms with E-state index in [0.29, 0.717) is 22.1 Å². The highest BCUT2D eigenvalue weighted by atomic mass is 32.2. The lowest BCUT2D eigenvalue weighted by atomic mass is 10.1. The first-order valence-electron chi connectivity index (χ1n) is 9.81. The summed E-state index contributed by atoms with van der Waals surface area (Å²) in [5.74, 6) is -1.19. The number of rotatable bonds is 10. The molecule has 1 atom stereocenters. The van der Waals surface area contributed by atoms with Crippen molar-refractivity contribution >= 4 is 51.9 Å². The first kappa shape index (κ1) is 24.7. The molecule has 2 rings (SSSR count). The molecule has 0 radical (unpaired) electrons. The minimum Gasteiger partial charge on any atom is -0.465 e. The summed E-state index contributed by atoms with van der Waals surface area (Å²) >= 11 is 2.39. The zero-order chi connectivity index (χ0) is 23.1. The van der Waals surface area contributed by atoms with Gasteiger partial charge in [0, 0.05) is 4.88 Å². The molecule has 0 aliphatic rings. The first-order chi connectivity index (χ1) is 14.7. The van der Waals surface area contributed by atoms with Crippen molar-refractivity contribution in [2.75, 3.05) is 30.0 Å². The van der Waals surface area contributed by atoms with Gasteiger partial charge in [-0.2, -0.15) is 0 Å². The Bertz CT molecular complexity index is 956. The molecular formula is C19H27N5O5S2. The third kappa shape index (κ3) is 5.76. The van der Waals surface area contributed by atoms with E-state index in [0.717, 1.165) is 22.2 Å². The summed E-state index contributed by atoms with van der Waals surface area (Å²) in [7, 11) is 0. The van der Waals surface area contributed by atoms with Crippen LogP contribution in [-0.4, -0.2) is 51.6 Å². The van der Waals surface area contributed by atoms with Crippen LogP contribution in [0.1, 0.15) is 54.0 Å². The smallest absolute Gasteiger partial charge is 0.341 e. The van der Waals surface area contributed by atoms with Crippen molar-refractivity contribution in [1.82, 2.24) is 14.8 Å². The lowest BCUT2D eigenvalue weighted by Crippen LogP contribution is -2.27. The van der Waals surface area contributed by atoms with Gasteiger partial charge >= 0.3 is 11.9 Å². The summed E-state index contributed by atoms with van der Waals surface area (Å²) in [6.07, 6.45) is 0.388. The first-order valence-corrected chi connectivity index (χ1v) is 11.6. The predicted octanol–water partition coefficient (Wildman–Crippen LogP) is 2.96. The molecule has 0 bridgehead atoms. The van der Waals surface area contributed by atoms with Gasteiger partial charge in [0.2, 0.25) is 11.9 Å². The standard InChI is InChI=1S/C19H27N5O5S2/c1-6-12(24-18(20)22-23-19(24)30-9-13(25)28-7-2)15(26)21-16-14(17(27)29-8-3)10(4)11(5)31-16/h12H,6-9H2,1-5H3,(H2,20,22)(H,21,26). The van der Waals surface area contributed by atoms with Crippen LogP contribution in [0, 0.1) is 13.8 Å². The van der Waals surface area contributed by atoms with Gasteiger partial charge in [0.15, 0.2) is 5.16 Å². The molecule has 10 nitrogen and oxygen atoms in total. The molecule has 2 heterocycles. The van der Waals surface area contributed by atoms with E-state index in [4.69, 9.17) is 15.2 Å². The normalized spacial score (nSPS) is 11.8. The number of ether oxygens (including phenoxy) is 2. The summed E-state index contributed by atoms with van der Waals surface area (Å²) in [5.41, 5.74) is 7.08. The van der Waals surface area contributed by atoms with Crippen LogP contribution < -0.4 is 11.1 Å². The number of thiophene rings is 1. The Labute approximate surface area is 188 Å². The molecule has 0 fully saturated rings. The second-order valence-corrected chi connectivity index (χ2v) is 8.59. The van der Waals surface area contributed by atoms with Gasteiger partial charge in [0.25, 0.3) is 0 Å². The molecule has 1 unspecified atom stereocenters. The molecule has 1 amide bonds. The second kappa shape index (κ2) is 11.1. The zero-order valence-electron chi connectivity index (χ0n) is 18.2. The van der Waals surface area contributed by atoms with Crippen LogP contribution in [0.25, 0.3) is 0 Å². The van der Waals surface area contributed by atoms with Crippen LogP contribution in [0.5, 0.6) is 0 Å². The monoisotopic (exact) mass is 469 g/mol. The van der Waals surface area contributed by atoms with E-state index in [9.17, 15) is 14.4 Å². The Hall–Kier alpha value is -2.60. The van der Waals surface area contributed by atoms with Crippen molar-refractivity contribution in [3.63, 3.8) is 0 Å². The topological polar surface area (TPSA) is 138 Å². The molecule has 0 aromatic carbocycles. The number of carbonyl (C=O) groups is 3. The average molecular weight is 470 g/mol. The fraction of sp³-hybridized carbons (Fsp3) is 0.526. The van der Waals surface area contributed by atoms with Gasteiger partial charge in [0.1, 0.15) is 11.0 Å². The fourth-order valence-corrected chi connectivity index (χ4v) is 4.69. The highest BCUT2D eigenvalue weighted by molar-refractivity contribution is 7.99. The summed E-state index contributed by atoms with van der Waals surface area (Å²) in [4.78, 5) is 38.1. The average Bonchev–Trinajstić information content (AvgIpc) is 3.21. The fourth-order valence-electron chi connectivity index (χ4n) is 2.85. The summed E-state index contributed by atoms with van der Waals surface area (Å²) in [6, 6.07) is -0.738. The molecular weight excluding hydrogens is 442 g/mol. The predicted molar refractivity (Wildman–Crippen MR) is 119 cm³/mol. The maximum atomic E-state index is 13.2. The van der Waals surface area contributed by atoms with E-state index >= 15 is 0 Å². The van der Waals surface area contributed by atoms with Crippen LogP contribution >= 0.6 is 23.1 Å². The SMILES string of the molecule is CCOC(=O)CSc1nnc(N)n1C(CC)C(=O)Nc1sc(C)c(C)c1C(=O)OCC. The van der Waals surface area contributed by atoms with Gasteiger partial charge in [-0.1, -0.05) is 18.7 Å². The van der Waals surface area contributed by atoms with Gasteiger partial charge in [-0.3, -0.25) is 14.2 Å². The highest BCUT2D eigenvalue weighted by Gasteiger charge is 2.28. The van der Waals surface area contributed by atoms with E-state index < -0.39 is 18.0 Å². The molecule has 12 heteroatoms. The Morgan fingerprint density at radius 3 is 2.45 bits per heavy atom. The van der Waals surface area contributed by atoms with Crippen LogP contribution in [0.4, 0.5) is 10.9 Å². The molecule has 0 aliphatic heterocycles. The maximum absolute atomic E-state index is 13.2. The van der Waals surface area contributed by atoms with Crippen molar-refractivity contribution in [1.29, 1.82) is 0 Å². The Balaban J connectivity index is 2.28. The molecule has 0 spiro atoms. The van der Waals surface area contributed by atoms with Gasteiger partial charge in [-0.25, -0.2) is 4.79 Å². The van der Waals surface area contributed by atoms with Crippen LogP contribution in [0.3, 0.4) is 0 Å².